The van der Waals surface area contributed by atoms with Crippen LogP contribution >= 0.6 is 24.8 Å². The molecule has 142 valence electrons. The van der Waals surface area contributed by atoms with Gasteiger partial charge in [0.05, 0.1) is 11.8 Å². The number of carbonyl (C=O) groups excluding carboxylic acids is 1. The summed E-state index contributed by atoms with van der Waals surface area (Å²) in [6, 6.07) is 0. The highest BCUT2D eigenvalue weighted by atomic mass is 35.5. The van der Waals surface area contributed by atoms with Crippen molar-refractivity contribution in [2.24, 2.45) is 13.0 Å². The molecule has 0 atom stereocenters. The minimum atomic E-state index is -0.0909. The van der Waals surface area contributed by atoms with Crippen molar-refractivity contribution in [3.05, 3.63) is 47.0 Å². The summed E-state index contributed by atoms with van der Waals surface area (Å²) in [7, 11) is 1.81. The van der Waals surface area contributed by atoms with Crippen LogP contribution in [0.3, 0.4) is 0 Å². The van der Waals surface area contributed by atoms with E-state index in [4.69, 9.17) is 0 Å². The molecule has 0 radical (unpaired) electrons. The predicted molar refractivity (Wildman–Crippen MR) is 105 cm³/mol. The minimum Gasteiger partial charge on any atom is -0.348 e. The van der Waals surface area contributed by atoms with Crippen LogP contribution < -0.4 is 5.32 Å². The van der Waals surface area contributed by atoms with Gasteiger partial charge in [-0.1, -0.05) is 0 Å². The number of halogens is 2. The van der Waals surface area contributed by atoms with E-state index in [2.05, 4.69) is 20.3 Å². The summed E-state index contributed by atoms with van der Waals surface area (Å²) in [5.41, 5.74) is 4.40. The molecule has 3 heterocycles. The Labute approximate surface area is 166 Å². The number of aryl methyl sites for hydroxylation is 1. The summed E-state index contributed by atoms with van der Waals surface area (Å²) in [6.45, 7) is 3.84. The highest BCUT2D eigenvalue weighted by molar-refractivity contribution is 5.93. The van der Waals surface area contributed by atoms with Crippen molar-refractivity contribution >= 4 is 30.7 Å². The number of nitrogens with zero attached hydrogens (tertiary/aromatic N) is 4. The third-order valence-electron chi connectivity index (χ3n) is 4.93. The molecular weight excluding hydrogens is 373 g/mol. The van der Waals surface area contributed by atoms with Gasteiger partial charge in [-0.15, -0.1) is 24.8 Å². The van der Waals surface area contributed by atoms with E-state index < -0.39 is 0 Å². The summed E-state index contributed by atoms with van der Waals surface area (Å²) in [4.78, 5) is 19.1. The SMILES string of the molecule is Cl.Cl.Cn1cc(C(=O)NCc2cncc3c2CCN(CC2CC2)C3)cn1. The van der Waals surface area contributed by atoms with E-state index >= 15 is 0 Å². The topological polar surface area (TPSA) is 63.1 Å². The van der Waals surface area contributed by atoms with Gasteiger partial charge in [-0.05, 0) is 41.9 Å². The highest BCUT2D eigenvalue weighted by Crippen LogP contribution is 2.31. The van der Waals surface area contributed by atoms with Crippen LogP contribution in [0.2, 0.25) is 0 Å². The average molecular weight is 398 g/mol. The summed E-state index contributed by atoms with van der Waals surface area (Å²) in [6.07, 6.45) is 11.0. The molecule has 1 aliphatic carbocycles. The van der Waals surface area contributed by atoms with E-state index in [1.54, 1.807) is 17.1 Å². The summed E-state index contributed by atoms with van der Waals surface area (Å²) in [5.74, 6) is 0.827. The molecule has 0 aromatic carbocycles. The minimum absolute atomic E-state index is 0. The number of rotatable bonds is 5. The second-order valence-corrected chi connectivity index (χ2v) is 6.95. The lowest BCUT2D eigenvalue weighted by Gasteiger charge is -2.29. The van der Waals surface area contributed by atoms with Crippen molar-refractivity contribution in [2.45, 2.75) is 32.4 Å². The first-order chi connectivity index (χ1) is 11.7. The molecule has 1 amide bonds. The number of carbonyl (C=O) groups is 1. The monoisotopic (exact) mass is 397 g/mol. The molecule has 1 saturated carbocycles. The van der Waals surface area contributed by atoms with Gasteiger partial charge in [0.2, 0.25) is 0 Å². The molecule has 0 bridgehead atoms. The van der Waals surface area contributed by atoms with E-state index in [9.17, 15) is 4.79 Å². The predicted octanol–water partition coefficient (Wildman–Crippen LogP) is 2.36. The van der Waals surface area contributed by atoms with Crippen molar-refractivity contribution < 1.29 is 4.79 Å². The van der Waals surface area contributed by atoms with Gasteiger partial charge in [-0.25, -0.2) is 0 Å². The quantitative estimate of drug-likeness (QED) is 0.840. The molecule has 4 rings (SSSR count). The normalized spacial score (nSPS) is 16.2. The van der Waals surface area contributed by atoms with Crippen LogP contribution in [0.1, 0.15) is 39.9 Å². The van der Waals surface area contributed by atoms with Gasteiger partial charge < -0.3 is 5.32 Å². The van der Waals surface area contributed by atoms with E-state index in [-0.39, 0.29) is 30.7 Å². The van der Waals surface area contributed by atoms with Crippen LogP contribution in [-0.4, -0.2) is 38.7 Å². The number of pyridine rings is 1. The molecule has 0 spiro atoms. The smallest absolute Gasteiger partial charge is 0.254 e. The van der Waals surface area contributed by atoms with Crippen LogP contribution in [0.25, 0.3) is 0 Å². The molecule has 0 unspecified atom stereocenters. The van der Waals surface area contributed by atoms with Gasteiger partial charge in [0.1, 0.15) is 0 Å². The maximum atomic E-state index is 12.2. The third kappa shape index (κ3) is 4.75. The van der Waals surface area contributed by atoms with E-state index in [1.807, 2.05) is 19.4 Å². The average Bonchev–Trinajstić information content (AvgIpc) is 3.29. The van der Waals surface area contributed by atoms with E-state index in [0.717, 1.165) is 31.0 Å². The first-order valence-electron chi connectivity index (χ1n) is 8.63. The molecule has 1 N–H and O–H groups in total. The van der Waals surface area contributed by atoms with Crippen molar-refractivity contribution in [2.75, 3.05) is 13.1 Å². The Kier molecular flexibility index (Phi) is 7.03. The van der Waals surface area contributed by atoms with Crippen molar-refractivity contribution in [1.29, 1.82) is 0 Å². The van der Waals surface area contributed by atoms with Crippen LogP contribution in [0.15, 0.2) is 24.8 Å². The number of fused-ring (bicyclic) bond motifs is 1. The second kappa shape index (κ2) is 8.84. The summed E-state index contributed by atoms with van der Waals surface area (Å²) < 4.78 is 1.63. The van der Waals surface area contributed by atoms with Gasteiger partial charge in [-0.2, -0.15) is 5.10 Å². The Morgan fingerprint density at radius 2 is 2.08 bits per heavy atom. The Balaban J connectivity index is 0.00000121. The van der Waals surface area contributed by atoms with Gasteiger partial charge in [0.15, 0.2) is 0 Å². The Morgan fingerprint density at radius 3 is 2.77 bits per heavy atom. The number of hydrogen-bond donors (Lipinski definition) is 1. The summed E-state index contributed by atoms with van der Waals surface area (Å²) in [5, 5.41) is 7.02. The molecule has 8 heteroatoms. The van der Waals surface area contributed by atoms with Crippen LogP contribution in [0, 0.1) is 5.92 Å². The first-order valence-corrected chi connectivity index (χ1v) is 8.63. The number of amides is 1. The molecule has 6 nitrogen and oxygen atoms in total. The Bertz CT molecular complexity index is 760. The van der Waals surface area contributed by atoms with Crippen molar-refractivity contribution in [3.8, 4) is 0 Å². The molecule has 2 aromatic heterocycles. The van der Waals surface area contributed by atoms with Crippen LogP contribution in [0.4, 0.5) is 0 Å². The fraction of sp³-hybridized carbons (Fsp3) is 0.500. The Hall–Kier alpha value is -1.63. The van der Waals surface area contributed by atoms with Crippen molar-refractivity contribution in [3.63, 3.8) is 0 Å². The number of nitrogens with one attached hydrogen (secondary N) is 1. The molecule has 0 saturated heterocycles. The maximum Gasteiger partial charge on any atom is 0.254 e. The number of aromatic nitrogens is 3. The summed E-state index contributed by atoms with van der Waals surface area (Å²) >= 11 is 0. The fourth-order valence-corrected chi connectivity index (χ4v) is 3.42. The molecule has 26 heavy (non-hydrogen) atoms. The standard InChI is InChI=1S/C18H23N5O.2ClH/c1-22-11-16(9-21-22)18(24)20-8-14-6-19-7-15-12-23(5-4-17(14)15)10-13-2-3-13;;/h6-7,9,11,13H,2-5,8,10,12H2,1H3,(H,20,24);2*1H. The molecular formula is C18H25Cl2N5O. The fourth-order valence-electron chi connectivity index (χ4n) is 3.42. The second-order valence-electron chi connectivity index (χ2n) is 6.95. The molecule has 1 fully saturated rings. The third-order valence-corrected chi connectivity index (χ3v) is 4.93. The zero-order valence-electron chi connectivity index (χ0n) is 14.9. The van der Waals surface area contributed by atoms with Gasteiger partial charge >= 0.3 is 0 Å². The number of hydrogen-bond acceptors (Lipinski definition) is 4. The van der Waals surface area contributed by atoms with Crippen molar-refractivity contribution in [1.82, 2.24) is 25.0 Å². The highest BCUT2D eigenvalue weighted by Gasteiger charge is 2.27. The first kappa shape index (κ1) is 20.7. The molecule has 1 aliphatic heterocycles. The van der Waals surface area contributed by atoms with Crippen LogP contribution in [0.5, 0.6) is 0 Å². The van der Waals surface area contributed by atoms with Crippen LogP contribution in [-0.2, 0) is 26.6 Å². The lowest BCUT2D eigenvalue weighted by atomic mass is 9.97. The Morgan fingerprint density at radius 1 is 1.27 bits per heavy atom. The lowest BCUT2D eigenvalue weighted by molar-refractivity contribution is 0.0950. The van der Waals surface area contributed by atoms with E-state index in [1.165, 1.54) is 30.5 Å². The van der Waals surface area contributed by atoms with Gasteiger partial charge in [0.25, 0.3) is 5.91 Å². The largest absolute Gasteiger partial charge is 0.348 e. The molecule has 2 aromatic rings. The zero-order valence-corrected chi connectivity index (χ0v) is 16.5. The zero-order chi connectivity index (χ0) is 16.5. The van der Waals surface area contributed by atoms with Gasteiger partial charge in [-0.3, -0.25) is 19.4 Å². The lowest BCUT2D eigenvalue weighted by Crippen LogP contribution is -2.33. The maximum absolute atomic E-state index is 12.2. The molecule has 2 aliphatic rings. The van der Waals surface area contributed by atoms with E-state index in [0.29, 0.717) is 12.1 Å². The van der Waals surface area contributed by atoms with Gasteiger partial charge in [0, 0.05) is 51.8 Å².